The summed E-state index contributed by atoms with van der Waals surface area (Å²) in [5.74, 6) is -0.483. The summed E-state index contributed by atoms with van der Waals surface area (Å²) >= 11 is 10.5. The molecule has 0 bridgehead atoms. The zero-order valence-corrected chi connectivity index (χ0v) is 12.3. The van der Waals surface area contributed by atoms with E-state index in [1.807, 2.05) is 0 Å². The van der Waals surface area contributed by atoms with Gasteiger partial charge in [-0.3, -0.25) is 0 Å². The molecule has 0 aliphatic rings. The average Bonchev–Trinajstić information content (AvgIpc) is 2.77. The van der Waals surface area contributed by atoms with E-state index in [-0.39, 0.29) is 5.69 Å². The van der Waals surface area contributed by atoms with Gasteiger partial charge in [-0.25, -0.2) is 9.78 Å². The highest BCUT2D eigenvalue weighted by atomic mass is 79.9. The lowest BCUT2D eigenvalue weighted by molar-refractivity contribution is 0.0691. The van der Waals surface area contributed by atoms with Crippen LogP contribution in [-0.2, 0) is 0 Å². The number of thiazole rings is 1. The van der Waals surface area contributed by atoms with Crippen molar-refractivity contribution in [2.24, 2.45) is 0 Å². The summed E-state index contributed by atoms with van der Waals surface area (Å²) in [7, 11) is 1.53. The van der Waals surface area contributed by atoms with Gasteiger partial charge in [0, 0.05) is 10.4 Å². The van der Waals surface area contributed by atoms with E-state index in [1.54, 1.807) is 12.1 Å². The molecule has 0 radical (unpaired) electrons. The Labute approximate surface area is 120 Å². The molecule has 1 aromatic carbocycles. The van der Waals surface area contributed by atoms with Crippen molar-refractivity contribution < 1.29 is 14.6 Å². The third kappa shape index (κ3) is 2.50. The number of rotatable bonds is 3. The average molecular weight is 349 g/mol. The van der Waals surface area contributed by atoms with Crippen LogP contribution in [0.25, 0.3) is 10.6 Å². The summed E-state index contributed by atoms with van der Waals surface area (Å²) in [5.41, 5.74) is 0.669. The number of hydrogen-bond donors (Lipinski definition) is 1. The molecular formula is C11H7BrClNO3S. The molecular weight excluding hydrogens is 342 g/mol. The van der Waals surface area contributed by atoms with Gasteiger partial charge < -0.3 is 9.84 Å². The quantitative estimate of drug-likeness (QED) is 0.913. The molecule has 0 spiro atoms. The molecule has 0 unspecified atom stereocenters. The van der Waals surface area contributed by atoms with Gasteiger partial charge in [0.1, 0.15) is 10.8 Å². The highest BCUT2D eigenvalue weighted by molar-refractivity contribution is 9.10. The van der Waals surface area contributed by atoms with E-state index in [0.717, 1.165) is 0 Å². The standard InChI is InChI=1S/C11H7BrClNO3S/c1-17-9-6(2-5(13)3-7(9)12)10-14-8(4-18-10)11(15)16/h2-4H,1H3,(H,15,16). The van der Waals surface area contributed by atoms with Gasteiger partial charge in [-0.1, -0.05) is 11.6 Å². The predicted octanol–water partition coefficient (Wildman–Crippen LogP) is 3.93. The van der Waals surface area contributed by atoms with E-state index in [4.69, 9.17) is 21.4 Å². The van der Waals surface area contributed by atoms with Gasteiger partial charge in [0.25, 0.3) is 0 Å². The Balaban J connectivity index is 2.58. The smallest absolute Gasteiger partial charge is 0.355 e. The molecule has 0 saturated heterocycles. The number of aromatic nitrogens is 1. The number of carboxylic acids is 1. The van der Waals surface area contributed by atoms with Crippen LogP contribution in [0.1, 0.15) is 10.5 Å². The minimum absolute atomic E-state index is 0.00755. The van der Waals surface area contributed by atoms with Crippen molar-refractivity contribution in [2.45, 2.75) is 0 Å². The summed E-state index contributed by atoms with van der Waals surface area (Å²) in [6.07, 6.45) is 0. The maximum absolute atomic E-state index is 10.8. The van der Waals surface area contributed by atoms with E-state index in [9.17, 15) is 4.79 Å². The number of methoxy groups -OCH3 is 1. The van der Waals surface area contributed by atoms with Crippen molar-refractivity contribution in [1.82, 2.24) is 4.98 Å². The molecule has 1 heterocycles. The Hall–Kier alpha value is -1.11. The SMILES string of the molecule is COc1c(Br)cc(Cl)cc1-c1nc(C(=O)O)cs1. The minimum atomic E-state index is -1.06. The van der Waals surface area contributed by atoms with Crippen molar-refractivity contribution >= 4 is 44.8 Å². The third-order valence-corrected chi connectivity index (χ3v) is 3.85. The maximum atomic E-state index is 10.8. The molecule has 0 aliphatic carbocycles. The third-order valence-electron chi connectivity index (χ3n) is 2.17. The van der Waals surface area contributed by atoms with Gasteiger partial charge in [0.15, 0.2) is 5.69 Å². The van der Waals surface area contributed by atoms with Gasteiger partial charge in [0.05, 0.1) is 17.1 Å². The maximum Gasteiger partial charge on any atom is 0.355 e. The number of aromatic carboxylic acids is 1. The predicted molar refractivity (Wildman–Crippen MR) is 73.8 cm³/mol. The molecule has 7 heteroatoms. The molecule has 0 fully saturated rings. The number of carboxylic acid groups (broad SMARTS) is 1. The van der Waals surface area contributed by atoms with Crippen LogP contribution in [0.2, 0.25) is 5.02 Å². The zero-order chi connectivity index (χ0) is 13.3. The molecule has 0 atom stereocenters. The van der Waals surface area contributed by atoms with Crippen LogP contribution in [0.4, 0.5) is 0 Å². The molecule has 94 valence electrons. The number of nitrogens with zero attached hydrogens (tertiary/aromatic N) is 1. The molecule has 2 rings (SSSR count). The first-order chi connectivity index (χ1) is 8.52. The fourth-order valence-electron chi connectivity index (χ4n) is 1.42. The Kier molecular flexibility index (Phi) is 3.89. The number of carbonyl (C=O) groups is 1. The Morgan fingerprint density at radius 2 is 2.28 bits per heavy atom. The lowest BCUT2D eigenvalue weighted by Gasteiger charge is -2.08. The fraction of sp³-hybridized carbons (Fsp3) is 0.0909. The normalized spacial score (nSPS) is 10.4. The van der Waals surface area contributed by atoms with Crippen LogP contribution in [0, 0.1) is 0 Å². The van der Waals surface area contributed by atoms with Crippen LogP contribution < -0.4 is 4.74 Å². The Bertz CT molecular complexity index is 614. The van der Waals surface area contributed by atoms with Crippen molar-refractivity contribution in [1.29, 1.82) is 0 Å². The highest BCUT2D eigenvalue weighted by Crippen LogP contribution is 2.40. The van der Waals surface area contributed by atoms with Gasteiger partial charge in [-0.2, -0.15) is 0 Å². The second-order valence-electron chi connectivity index (χ2n) is 3.31. The lowest BCUT2D eigenvalue weighted by Crippen LogP contribution is -1.96. The van der Waals surface area contributed by atoms with Gasteiger partial charge in [-0.05, 0) is 28.1 Å². The van der Waals surface area contributed by atoms with Crippen molar-refractivity contribution in [3.8, 4) is 16.3 Å². The second kappa shape index (κ2) is 5.26. The summed E-state index contributed by atoms with van der Waals surface area (Å²) < 4.78 is 5.96. The molecule has 4 nitrogen and oxygen atoms in total. The fourth-order valence-corrected chi connectivity index (χ4v) is 3.20. The van der Waals surface area contributed by atoms with E-state index in [2.05, 4.69) is 20.9 Å². The van der Waals surface area contributed by atoms with Gasteiger partial charge >= 0.3 is 5.97 Å². The first-order valence-corrected chi connectivity index (χ1v) is 6.80. The van der Waals surface area contributed by atoms with Gasteiger partial charge in [0.2, 0.25) is 0 Å². The Morgan fingerprint density at radius 3 is 2.83 bits per heavy atom. The highest BCUT2D eigenvalue weighted by Gasteiger charge is 2.16. The van der Waals surface area contributed by atoms with Crippen molar-refractivity contribution in [3.63, 3.8) is 0 Å². The van der Waals surface area contributed by atoms with Crippen LogP contribution in [0.15, 0.2) is 22.0 Å². The van der Waals surface area contributed by atoms with Crippen LogP contribution >= 0.6 is 38.9 Å². The van der Waals surface area contributed by atoms with E-state index < -0.39 is 5.97 Å². The van der Waals surface area contributed by atoms with Crippen molar-refractivity contribution in [2.75, 3.05) is 7.11 Å². The molecule has 0 amide bonds. The Morgan fingerprint density at radius 1 is 1.56 bits per heavy atom. The number of benzene rings is 1. The summed E-state index contributed by atoms with van der Waals surface area (Å²) in [6, 6.07) is 3.39. The summed E-state index contributed by atoms with van der Waals surface area (Å²) in [6.45, 7) is 0. The molecule has 2 aromatic rings. The topological polar surface area (TPSA) is 59.4 Å². The van der Waals surface area contributed by atoms with Crippen LogP contribution in [0.5, 0.6) is 5.75 Å². The number of ether oxygens (including phenoxy) is 1. The van der Waals surface area contributed by atoms with E-state index >= 15 is 0 Å². The molecule has 18 heavy (non-hydrogen) atoms. The molecule has 1 aromatic heterocycles. The second-order valence-corrected chi connectivity index (χ2v) is 5.46. The first kappa shape index (κ1) is 13.3. The number of hydrogen-bond acceptors (Lipinski definition) is 4. The first-order valence-electron chi connectivity index (χ1n) is 4.75. The zero-order valence-electron chi connectivity index (χ0n) is 9.11. The van der Waals surface area contributed by atoms with Crippen LogP contribution in [0.3, 0.4) is 0 Å². The van der Waals surface area contributed by atoms with Crippen LogP contribution in [-0.4, -0.2) is 23.2 Å². The van der Waals surface area contributed by atoms with E-state index in [0.29, 0.717) is 25.8 Å². The monoisotopic (exact) mass is 347 g/mol. The minimum Gasteiger partial charge on any atom is -0.495 e. The largest absolute Gasteiger partial charge is 0.495 e. The van der Waals surface area contributed by atoms with Gasteiger partial charge in [-0.15, -0.1) is 11.3 Å². The lowest BCUT2D eigenvalue weighted by atomic mass is 10.2. The number of halogens is 2. The summed E-state index contributed by atoms with van der Waals surface area (Å²) in [4.78, 5) is 14.8. The molecule has 0 saturated carbocycles. The molecule has 1 N–H and O–H groups in total. The summed E-state index contributed by atoms with van der Waals surface area (Å²) in [5, 5.41) is 11.4. The van der Waals surface area contributed by atoms with E-state index in [1.165, 1.54) is 23.8 Å². The molecule has 0 aliphatic heterocycles. The van der Waals surface area contributed by atoms with Crippen molar-refractivity contribution in [3.05, 3.63) is 32.7 Å².